The normalized spacial score (nSPS) is 26.6. The average molecular weight is 269 g/mol. The minimum Gasteiger partial charge on any atom is -0.366 e. The molecule has 1 aromatic heterocycles. The van der Waals surface area contributed by atoms with Crippen molar-refractivity contribution in [2.45, 2.75) is 46.1 Å². The van der Waals surface area contributed by atoms with Gasteiger partial charge in [-0.05, 0) is 37.3 Å². The highest BCUT2D eigenvalue weighted by molar-refractivity contribution is 5.76. The van der Waals surface area contributed by atoms with E-state index in [9.17, 15) is 0 Å². The third-order valence-corrected chi connectivity index (χ3v) is 4.77. The molecular weight excluding hydrogens is 246 g/mol. The molecule has 1 fully saturated rings. The molecule has 3 heteroatoms. The first-order valence-corrected chi connectivity index (χ1v) is 7.65. The molecule has 3 atom stereocenters. The first kappa shape index (κ1) is 13.3. The Morgan fingerprint density at radius 3 is 2.50 bits per heavy atom. The fraction of sp³-hybridized carbons (Fsp3) is 0.529. The predicted molar refractivity (Wildman–Crippen MR) is 83.9 cm³/mol. The highest BCUT2D eigenvalue weighted by Gasteiger charge is 2.27. The lowest BCUT2D eigenvalue weighted by Crippen LogP contribution is -2.35. The van der Waals surface area contributed by atoms with Crippen LogP contribution in [0.15, 0.2) is 24.3 Å². The number of aryl methyl sites for hydroxylation is 1. The van der Waals surface area contributed by atoms with E-state index in [1.165, 1.54) is 19.3 Å². The van der Waals surface area contributed by atoms with E-state index in [-0.39, 0.29) is 0 Å². The van der Waals surface area contributed by atoms with Crippen LogP contribution in [0.3, 0.4) is 0 Å². The quantitative estimate of drug-likeness (QED) is 0.889. The Balaban J connectivity index is 1.88. The van der Waals surface area contributed by atoms with Crippen molar-refractivity contribution < 1.29 is 0 Å². The first-order chi connectivity index (χ1) is 9.65. The second-order valence-corrected chi connectivity index (χ2v) is 6.16. The third-order valence-electron chi connectivity index (χ3n) is 4.77. The van der Waals surface area contributed by atoms with Crippen molar-refractivity contribution in [3.05, 3.63) is 30.0 Å². The summed E-state index contributed by atoms with van der Waals surface area (Å²) in [4.78, 5) is 9.41. The van der Waals surface area contributed by atoms with Gasteiger partial charge in [-0.3, -0.25) is 0 Å². The standard InChI is InChI=1S/C17H23N3/c1-11-7-6-10-14(12(11)2)19-17-13(3)18-15-8-4-5-9-16(15)20-17/h4-5,8-9,11-12,14H,6-7,10H2,1-3H3,(H,19,20). The van der Waals surface area contributed by atoms with Gasteiger partial charge in [0.1, 0.15) is 5.82 Å². The zero-order valence-electron chi connectivity index (χ0n) is 12.6. The number of rotatable bonds is 2. The second kappa shape index (κ2) is 5.39. The summed E-state index contributed by atoms with van der Waals surface area (Å²) in [7, 11) is 0. The van der Waals surface area contributed by atoms with Crippen LogP contribution >= 0.6 is 0 Å². The topological polar surface area (TPSA) is 37.8 Å². The van der Waals surface area contributed by atoms with E-state index in [0.29, 0.717) is 12.0 Å². The fourth-order valence-corrected chi connectivity index (χ4v) is 3.19. The number of hydrogen-bond acceptors (Lipinski definition) is 3. The van der Waals surface area contributed by atoms with Gasteiger partial charge in [0.15, 0.2) is 0 Å². The van der Waals surface area contributed by atoms with Crippen LogP contribution in [-0.4, -0.2) is 16.0 Å². The number of para-hydroxylation sites is 2. The van der Waals surface area contributed by atoms with Crippen molar-refractivity contribution in [2.75, 3.05) is 5.32 Å². The molecule has 1 aliphatic rings. The molecule has 3 unspecified atom stereocenters. The highest BCUT2D eigenvalue weighted by atomic mass is 15.0. The zero-order chi connectivity index (χ0) is 14.1. The molecule has 20 heavy (non-hydrogen) atoms. The molecule has 0 amide bonds. The number of nitrogens with one attached hydrogen (secondary N) is 1. The summed E-state index contributed by atoms with van der Waals surface area (Å²) in [6.45, 7) is 6.75. The average Bonchev–Trinajstić information content (AvgIpc) is 2.44. The molecule has 0 radical (unpaired) electrons. The molecule has 2 aromatic rings. The summed E-state index contributed by atoms with van der Waals surface area (Å²) >= 11 is 0. The third kappa shape index (κ3) is 2.49. The number of hydrogen-bond donors (Lipinski definition) is 1. The Kier molecular flexibility index (Phi) is 3.60. The second-order valence-electron chi connectivity index (χ2n) is 6.16. The van der Waals surface area contributed by atoms with Crippen LogP contribution in [0.2, 0.25) is 0 Å². The molecule has 1 aliphatic carbocycles. The number of fused-ring (bicyclic) bond motifs is 1. The summed E-state index contributed by atoms with van der Waals surface area (Å²) < 4.78 is 0. The smallest absolute Gasteiger partial charge is 0.148 e. The maximum Gasteiger partial charge on any atom is 0.148 e. The van der Waals surface area contributed by atoms with Crippen molar-refractivity contribution >= 4 is 16.9 Å². The number of aromatic nitrogens is 2. The molecule has 0 saturated heterocycles. The Bertz CT molecular complexity index is 608. The fourth-order valence-electron chi connectivity index (χ4n) is 3.19. The van der Waals surface area contributed by atoms with Gasteiger partial charge in [-0.1, -0.05) is 38.8 Å². The van der Waals surface area contributed by atoms with Crippen LogP contribution in [0, 0.1) is 18.8 Å². The van der Waals surface area contributed by atoms with E-state index in [4.69, 9.17) is 4.98 Å². The van der Waals surface area contributed by atoms with Gasteiger partial charge in [0.25, 0.3) is 0 Å². The van der Waals surface area contributed by atoms with Gasteiger partial charge in [-0.25, -0.2) is 9.97 Å². The largest absolute Gasteiger partial charge is 0.366 e. The van der Waals surface area contributed by atoms with Crippen LogP contribution in [0.4, 0.5) is 5.82 Å². The summed E-state index contributed by atoms with van der Waals surface area (Å²) in [5.41, 5.74) is 2.94. The van der Waals surface area contributed by atoms with E-state index in [2.05, 4.69) is 24.1 Å². The van der Waals surface area contributed by atoms with Crippen LogP contribution < -0.4 is 5.32 Å². The zero-order valence-corrected chi connectivity index (χ0v) is 12.6. The van der Waals surface area contributed by atoms with Crippen LogP contribution in [0.25, 0.3) is 11.0 Å². The maximum atomic E-state index is 4.75. The van der Waals surface area contributed by atoms with Gasteiger partial charge in [-0.2, -0.15) is 0 Å². The van der Waals surface area contributed by atoms with Crippen molar-refractivity contribution in [3.8, 4) is 0 Å². The van der Waals surface area contributed by atoms with E-state index in [0.717, 1.165) is 28.5 Å². The predicted octanol–water partition coefficient (Wildman–Crippen LogP) is 4.17. The lowest BCUT2D eigenvalue weighted by Gasteiger charge is -2.35. The molecule has 1 heterocycles. The van der Waals surface area contributed by atoms with Crippen molar-refractivity contribution in [3.63, 3.8) is 0 Å². The number of nitrogens with zero attached hydrogens (tertiary/aromatic N) is 2. The monoisotopic (exact) mass is 269 g/mol. The van der Waals surface area contributed by atoms with E-state index < -0.39 is 0 Å². The molecule has 0 bridgehead atoms. The Morgan fingerprint density at radius 1 is 1.05 bits per heavy atom. The molecule has 106 valence electrons. The molecule has 3 rings (SSSR count). The van der Waals surface area contributed by atoms with Crippen molar-refractivity contribution in [1.82, 2.24) is 9.97 Å². The van der Waals surface area contributed by atoms with Gasteiger partial charge in [0.05, 0.1) is 16.7 Å². The van der Waals surface area contributed by atoms with Crippen LogP contribution in [-0.2, 0) is 0 Å². The Hall–Kier alpha value is -1.64. The summed E-state index contributed by atoms with van der Waals surface area (Å²) in [5, 5.41) is 3.65. The van der Waals surface area contributed by atoms with Crippen LogP contribution in [0.1, 0.15) is 38.8 Å². The number of benzene rings is 1. The lowest BCUT2D eigenvalue weighted by molar-refractivity contribution is 0.253. The molecule has 1 N–H and O–H groups in total. The minimum absolute atomic E-state index is 0.521. The summed E-state index contributed by atoms with van der Waals surface area (Å²) in [6.07, 6.45) is 3.89. The Labute approximate surface area is 120 Å². The van der Waals surface area contributed by atoms with Gasteiger partial charge in [0, 0.05) is 6.04 Å². The van der Waals surface area contributed by atoms with Crippen molar-refractivity contribution in [1.29, 1.82) is 0 Å². The molecule has 0 aliphatic heterocycles. The summed E-state index contributed by atoms with van der Waals surface area (Å²) in [5.74, 6) is 2.43. The summed E-state index contributed by atoms with van der Waals surface area (Å²) in [6, 6.07) is 8.59. The Morgan fingerprint density at radius 2 is 1.75 bits per heavy atom. The molecule has 3 nitrogen and oxygen atoms in total. The van der Waals surface area contributed by atoms with Gasteiger partial charge >= 0.3 is 0 Å². The molecule has 1 saturated carbocycles. The highest BCUT2D eigenvalue weighted by Crippen LogP contribution is 2.31. The van der Waals surface area contributed by atoms with Gasteiger partial charge < -0.3 is 5.32 Å². The number of anilines is 1. The van der Waals surface area contributed by atoms with Crippen LogP contribution in [0.5, 0.6) is 0 Å². The van der Waals surface area contributed by atoms with E-state index in [1.807, 2.05) is 31.2 Å². The van der Waals surface area contributed by atoms with Gasteiger partial charge in [0.2, 0.25) is 0 Å². The molecule has 0 spiro atoms. The van der Waals surface area contributed by atoms with E-state index >= 15 is 0 Å². The molecular formula is C17H23N3. The maximum absolute atomic E-state index is 4.75. The molecule has 1 aromatic carbocycles. The van der Waals surface area contributed by atoms with Crippen molar-refractivity contribution in [2.24, 2.45) is 11.8 Å². The minimum atomic E-state index is 0.521. The SMILES string of the molecule is Cc1nc2ccccc2nc1NC1CCCC(C)C1C. The first-order valence-electron chi connectivity index (χ1n) is 7.65. The van der Waals surface area contributed by atoms with E-state index in [1.54, 1.807) is 0 Å². The van der Waals surface area contributed by atoms with Gasteiger partial charge in [-0.15, -0.1) is 0 Å². The lowest BCUT2D eigenvalue weighted by atomic mass is 9.78.